The summed E-state index contributed by atoms with van der Waals surface area (Å²) >= 11 is 0. The maximum atomic E-state index is 11.2. The van der Waals surface area contributed by atoms with Crippen LogP contribution in [0.5, 0.6) is 0 Å². The van der Waals surface area contributed by atoms with Crippen molar-refractivity contribution in [3.63, 3.8) is 0 Å². The first kappa shape index (κ1) is 8.93. The van der Waals surface area contributed by atoms with Crippen molar-refractivity contribution in [3.05, 3.63) is 17.5 Å². The molecule has 0 aliphatic heterocycles. The predicted octanol–water partition coefficient (Wildman–Crippen LogP) is 0.945. The van der Waals surface area contributed by atoms with Crippen LogP contribution in [0.4, 0.5) is 0 Å². The highest BCUT2D eigenvalue weighted by atomic mass is 16.4. The van der Waals surface area contributed by atoms with Gasteiger partial charge in [0.25, 0.3) is 0 Å². The molecule has 74 valence electrons. The standard InChI is InChI=1S/C9H10N2O3/c12-8(4-9(13)14)7-3-6(10-11-7)5-1-2-5/h3,5H,1-2,4H2,(H,10,11)(H,13,14). The number of carbonyl (C=O) groups excluding carboxylic acids is 1. The molecule has 2 rings (SSSR count). The largest absolute Gasteiger partial charge is 0.481 e. The van der Waals surface area contributed by atoms with E-state index < -0.39 is 18.2 Å². The average molecular weight is 194 g/mol. The van der Waals surface area contributed by atoms with Gasteiger partial charge in [-0.25, -0.2) is 0 Å². The quantitative estimate of drug-likeness (QED) is 0.552. The number of hydrogen-bond acceptors (Lipinski definition) is 3. The van der Waals surface area contributed by atoms with Gasteiger partial charge in [-0.15, -0.1) is 0 Å². The molecular formula is C9H10N2O3. The molecule has 14 heavy (non-hydrogen) atoms. The highest BCUT2D eigenvalue weighted by molar-refractivity contribution is 6.04. The van der Waals surface area contributed by atoms with Crippen molar-refractivity contribution >= 4 is 11.8 Å². The number of Topliss-reactive ketones (excluding diaryl/α,β-unsaturated/α-hetero) is 1. The van der Waals surface area contributed by atoms with E-state index in [2.05, 4.69) is 10.2 Å². The van der Waals surface area contributed by atoms with Gasteiger partial charge in [0.15, 0.2) is 5.78 Å². The van der Waals surface area contributed by atoms with E-state index >= 15 is 0 Å². The lowest BCUT2D eigenvalue weighted by Crippen LogP contribution is -2.07. The Morgan fingerprint density at radius 2 is 2.29 bits per heavy atom. The van der Waals surface area contributed by atoms with E-state index in [4.69, 9.17) is 5.11 Å². The molecule has 1 aromatic heterocycles. The monoisotopic (exact) mass is 194 g/mol. The zero-order valence-electron chi connectivity index (χ0n) is 7.49. The molecule has 5 nitrogen and oxygen atoms in total. The van der Waals surface area contributed by atoms with Crippen LogP contribution < -0.4 is 0 Å². The number of aliphatic carboxylic acids is 1. The van der Waals surface area contributed by atoms with Gasteiger partial charge >= 0.3 is 5.97 Å². The van der Waals surface area contributed by atoms with Crippen molar-refractivity contribution < 1.29 is 14.7 Å². The van der Waals surface area contributed by atoms with Crippen LogP contribution in [0.3, 0.4) is 0 Å². The van der Waals surface area contributed by atoms with Gasteiger partial charge in [0.05, 0.1) is 0 Å². The number of carbonyl (C=O) groups is 2. The van der Waals surface area contributed by atoms with Crippen molar-refractivity contribution in [1.82, 2.24) is 10.2 Å². The number of hydrogen-bond donors (Lipinski definition) is 2. The fourth-order valence-corrected chi connectivity index (χ4v) is 1.31. The Kier molecular flexibility index (Phi) is 2.07. The van der Waals surface area contributed by atoms with E-state index in [1.165, 1.54) is 0 Å². The third-order valence-corrected chi connectivity index (χ3v) is 2.21. The summed E-state index contributed by atoms with van der Waals surface area (Å²) in [4.78, 5) is 21.5. The molecule has 1 aliphatic rings. The number of aromatic nitrogens is 2. The number of rotatable bonds is 4. The Morgan fingerprint density at radius 3 is 2.86 bits per heavy atom. The van der Waals surface area contributed by atoms with Gasteiger partial charge in [-0.3, -0.25) is 14.7 Å². The normalized spacial score (nSPS) is 15.4. The van der Waals surface area contributed by atoms with Crippen molar-refractivity contribution in [1.29, 1.82) is 0 Å². The van der Waals surface area contributed by atoms with E-state index in [-0.39, 0.29) is 5.69 Å². The number of nitrogens with zero attached hydrogens (tertiary/aromatic N) is 1. The number of nitrogens with one attached hydrogen (secondary N) is 1. The van der Waals surface area contributed by atoms with E-state index in [0.717, 1.165) is 18.5 Å². The molecule has 0 bridgehead atoms. The van der Waals surface area contributed by atoms with Gasteiger partial charge in [0, 0.05) is 11.6 Å². The molecule has 0 aromatic carbocycles. The first-order chi connectivity index (χ1) is 6.66. The Bertz CT molecular complexity index is 379. The minimum absolute atomic E-state index is 0.231. The van der Waals surface area contributed by atoms with Crippen LogP contribution in [-0.4, -0.2) is 27.1 Å². The van der Waals surface area contributed by atoms with Gasteiger partial charge < -0.3 is 5.11 Å². The Balaban J connectivity index is 2.07. The van der Waals surface area contributed by atoms with Crippen molar-refractivity contribution in [2.75, 3.05) is 0 Å². The fourth-order valence-electron chi connectivity index (χ4n) is 1.31. The van der Waals surface area contributed by atoms with Crippen LogP contribution in [0.2, 0.25) is 0 Å². The summed E-state index contributed by atoms with van der Waals surface area (Å²) in [5, 5.41) is 15.0. The van der Waals surface area contributed by atoms with E-state index in [1.807, 2.05) is 0 Å². The smallest absolute Gasteiger partial charge is 0.311 e. The van der Waals surface area contributed by atoms with E-state index in [0.29, 0.717) is 5.92 Å². The first-order valence-corrected chi connectivity index (χ1v) is 4.47. The van der Waals surface area contributed by atoms with Gasteiger partial charge in [-0.05, 0) is 18.9 Å². The molecule has 0 amide bonds. The van der Waals surface area contributed by atoms with Crippen LogP contribution >= 0.6 is 0 Å². The summed E-state index contributed by atoms with van der Waals surface area (Å²) in [5.41, 5.74) is 1.17. The molecular weight excluding hydrogens is 184 g/mol. The van der Waals surface area contributed by atoms with Crippen LogP contribution in [0.25, 0.3) is 0 Å². The fraction of sp³-hybridized carbons (Fsp3) is 0.444. The first-order valence-electron chi connectivity index (χ1n) is 4.47. The summed E-state index contributed by atoms with van der Waals surface area (Å²) in [6.45, 7) is 0. The van der Waals surface area contributed by atoms with Gasteiger partial charge in [0.2, 0.25) is 0 Å². The molecule has 1 aromatic rings. The Labute approximate surface area is 80.1 Å². The minimum Gasteiger partial charge on any atom is -0.481 e. The summed E-state index contributed by atoms with van der Waals surface area (Å²) in [5.74, 6) is -1.07. The van der Waals surface area contributed by atoms with E-state index in [9.17, 15) is 9.59 Å². The second kappa shape index (κ2) is 3.25. The van der Waals surface area contributed by atoms with Crippen molar-refractivity contribution in [2.24, 2.45) is 0 Å². The molecule has 0 unspecified atom stereocenters. The molecule has 1 saturated carbocycles. The van der Waals surface area contributed by atoms with Gasteiger partial charge in [-0.2, -0.15) is 5.10 Å². The lowest BCUT2D eigenvalue weighted by atomic mass is 10.2. The molecule has 1 heterocycles. The third kappa shape index (κ3) is 1.81. The van der Waals surface area contributed by atoms with Crippen LogP contribution in [-0.2, 0) is 4.79 Å². The Morgan fingerprint density at radius 1 is 1.57 bits per heavy atom. The second-order valence-corrected chi connectivity index (χ2v) is 3.48. The van der Waals surface area contributed by atoms with Gasteiger partial charge in [-0.1, -0.05) is 0 Å². The second-order valence-electron chi connectivity index (χ2n) is 3.48. The maximum absolute atomic E-state index is 11.2. The number of carboxylic acid groups (broad SMARTS) is 1. The maximum Gasteiger partial charge on any atom is 0.311 e. The molecule has 0 saturated heterocycles. The van der Waals surface area contributed by atoms with Crippen molar-refractivity contribution in [3.8, 4) is 0 Å². The highest BCUT2D eigenvalue weighted by Gasteiger charge is 2.26. The summed E-state index contributed by atoms with van der Waals surface area (Å²) in [6.07, 6.45) is 1.75. The molecule has 1 aliphatic carbocycles. The van der Waals surface area contributed by atoms with Crippen LogP contribution in [0.1, 0.15) is 41.4 Å². The molecule has 0 spiro atoms. The SMILES string of the molecule is O=C(O)CC(=O)c1cc(C2CC2)[nH]n1. The molecule has 0 atom stereocenters. The number of carboxylic acids is 1. The number of aromatic amines is 1. The predicted molar refractivity (Wildman–Crippen MR) is 47.1 cm³/mol. The summed E-state index contributed by atoms with van der Waals surface area (Å²) in [6, 6.07) is 1.66. The minimum atomic E-state index is -1.12. The van der Waals surface area contributed by atoms with Crippen molar-refractivity contribution in [2.45, 2.75) is 25.2 Å². The number of ketones is 1. The summed E-state index contributed by atoms with van der Waals surface area (Å²) in [7, 11) is 0. The summed E-state index contributed by atoms with van der Waals surface area (Å²) < 4.78 is 0. The lowest BCUT2D eigenvalue weighted by Gasteiger charge is -1.89. The average Bonchev–Trinajstić information content (AvgIpc) is 2.82. The highest BCUT2D eigenvalue weighted by Crippen LogP contribution is 2.39. The van der Waals surface area contributed by atoms with Gasteiger partial charge in [0.1, 0.15) is 12.1 Å². The molecule has 5 heteroatoms. The van der Waals surface area contributed by atoms with Crippen LogP contribution in [0.15, 0.2) is 6.07 Å². The molecule has 0 radical (unpaired) electrons. The Hall–Kier alpha value is -1.65. The van der Waals surface area contributed by atoms with Crippen LogP contribution in [0, 0.1) is 0 Å². The van der Waals surface area contributed by atoms with E-state index in [1.54, 1.807) is 6.07 Å². The molecule has 2 N–H and O–H groups in total. The molecule has 1 fully saturated rings. The lowest BCUT2D eigenvalue weighted by molar-refractivity contribution is -0.135. The third-order valence-electron chi connectivity index (χ3n) is 2.21. The zero-order chi connectivity index (χ0) is 10.1. The zero-order valence-corrected chi connectivity index (χ0v) is 7.49. The number of H-pyrrole nitrogens is 1. The topological polar surface area (TPSA) is 83.0 Å².